The molecule has 4 nitrogen and oxygen atoms in total. The number of nitrogens with zero attached hydrogens (tertiary/aromatic N) is 3. The van der Waals surface area contributed by atoms with Crippen LogP contribution in [0.4, 0.5) is 0 Å². The fourth-order valence-corrected chi connectivity index (χ4v) is 2.12. The maximum atomic E-state index is 12.1. The predicted octanol–water partition coefficient (Wildman–Crippen LogP) is 2.44. The van der Waals surface area contributed by atoms with Crippen molar-refractivity contribution >= 4 is 5.91 Å². The SMILES string of the molecule is CCc1c(C(=O)N(C)C)cnn1-c1cccc(C)c1. The molecule has 0 spiro atoms. The summed E-state index contributed by atoms with van der Waals surface area (Å²) in [7, 11) is 3.51. The summed E-state index contributed by atoms with van der Waals surface area (Å²) in [6, 6.07) is 8.11. The first-order chi connectivity index (χ1) is 9.04. The van der Waals surface area contributed by atoms with Crippen molar-refractivity contribution in [1.82, 2.24) is 14.7 Å². The van der Waals surface area contributed by atoms with Crippen molar-refractivity contribution in [3.05, 3.63) is 47.3 Å². The number of carbonyl (C=O) groups is 1. The molecule has 0 atom stereocenters. The highest BCUT2D eigenvalue weighted by Crippen LogP contribution is 2.17. The van der Waals surface area contributed by atoms with E-state index in [2.05, 4.69) is 11.2 Å². The molecule has 0 unspecified atom stereocenters. The van der Waals surface area contributed by atoms with Gasteiger partial charge in [-0.3, -0.25) is 4.79 Å². The Balaban J connectivity index is 2.51. The molecular formula is C15H19N3O. The van der Waals surface area contributed by atoms with E-state index in [4.69, 9.17) is 0 Å². The second-order valence-corrected chi connectivity index (χ2v) is 4.81. The molecule has 4 heteroatoms. The first-order valence-electron chi connectivity index (χ1n) is 6.40. The number of amides is 1. The van der Waals surface area contributed by atoms with Crippen molar-refractivity contribution in [3.8, 4) is 5.69 Å². The fourth-order valence-electron chi connectivity index (χ4n) is 2.12. The van der Waals surface area contributed by atoms with Gasteiger partial charge in [0.05, 0.1) is 23.1 Å². The predicted molar refractivity (Wildman–Crippen MR) is 75.7 cm³/mol. The molecule has 2 rings (SSSR count). The van der Waals surface area contributed by atoms with Gasteiger partial charge in [-0.25, -0.2) is 4.68 Å². The average Bonchev–Trinajstić information content (AvgIpc) is 2.81. The quantitative estimate of drug-likeness (QED) is 0.847. The summed E-state index contributed by atoms with van der Waals surface area (Å²) in [6.45, 7) is 4.08. The third-order valence-electron chi connectivity index (χ3n) is 3.09. The third-order valence-corrected chi connectivity index (χ3v) is 3.09. The fraction of sp³-hybridized carbons (Fsp3) is 0.333. The molecule has 100 valence electrons. The summed E-state index contributed by atoms with van der Waals surface area (Å²) in [5.74, 6) is -0.00393. The van der Waals surface area contributed by atoms with E-state index < -0.39 is 0 Å². The molecule has 1 aromatic carbocycles. The molecule has 19 heavy (non-hydrogen) atoms. The first-order valence-corrected chi connectivity index (χ1v) is 6.40. The molecule has 0 fully saturated rings. The van der Waals surface area contributed by atoms with Gasteiger partial charge in [0.25, 0.3) is 5.91 Å². The van der Waals surface area contributed by atoms with Crippen molar-refractivity contribution in [3.63, 3.8) is 0 Å². The monoisotopic (exact) mass is 257 g/mol. The van der Waals surface area contributed by atoms with Gasteiger partial charge in [-0.05, 0) is 31.0 Å². The van der Waals surface area contributed by atoms with Crippen LogP contribution in [0.5, 0.6) is 0 Å². The van der Waals surface area contributed by atoms with Crippen LogP contribution in [0.3, 0.4) is 0 Å². The van der Waals surface area contributed by atoms with E-state index in [0.29, 0.717) is 5.56 Å². The largest absolute Gasteiger partial charge is 0.345 e. The molecule has 0 saturated carbocycles. The van der Waals surface area contributed by atoms with Gasteiger partial charge in [-0.2, -0.15) is 5.10 Å². The highest BCUT2D eigenvalue weighted by atomic mass is 16.2. The number of benzene rings is 1. The highest BCUT2D eigenvalue weighted by Gasteiger charge is 2.18. The van der Waals surface area contributed by atoms with Gasteiger partial charge >= 0.3 is 0 Å². The highest BCUT2D eigenvalue weighted by molar-refractivity contribution is 5.94. The van der Waals surface area contributed by atoms with Crippen LogP contribution in [-0.4, -0.2) is 34.7 Å². The summed E-state index contributed by atoms with van der Waals surface area (Å²) in [6.07, 6.45) is 2.42. The molecular weight excluding hydrogens is 238 g/mol. The number of aromatic nitrogens is 2. The van der Waals surface area contributed by atoms with Crippen molar-refractivity contribution in [2.75, 3.05) is 14.1 Å². The summed E-state index contributed by atoms with van der Waals surface area (Å²) < 4.78 is 1.85. The average molecular weight is 257 g/mol. The lowest BCUT2D eigenvalue weighted by molar-refractivity contribution is 0.0826. The molecule has 1 amide bonds. The van der Waals surface area contributed by atoms with E-state index in [-0.39, 0.29) is 5.91 Å². The van der Waals surface area contributed by atoms with Crippen LogP contribution in [0.1, 0.15) is 28.5 Å². The Kier molecular flexibility index (Phi) is 3.69. The van der Waals surface area contributed by atoms with E-state index in [0.717, 1.165) is 17.8 Å². The maximum absolute atomic E-state index is 12.1. The Morgan fingerprint density at radius 3 is 2.68 bits per heavy atom. The third kappa shape index (κ3) is 2.52. The Bertz CT molecular complexity index is 599. The lowest BCUT2D eigenvalue weighted by Gasteiger charge is -2.11. The number of carbonyl (C=O) groups excluding carboxylic acids is 1. The number of rotatable bonds is 3. The Labute approximate surface area is 113 Å². The van der Waals surface area contributed by atoms with E-state index in [1.54, 1.807) is 25.2 Å². The van der Waals surface area contributed by atoms with Gasteiger partial charge in [0, 0.05) is 14.1 Å². The van der Waals surface area contributed by atoms with Crippen LogP contribution in [0.2, 0.25) is 0 Å². The van der Waals surface area contributed by atoms with Gasteiger partial charge in [0.1, 0.15) is 0 Å². The van der Waals surface area contributed by atoms with E-state index in [1.165, 1.54) is 5.56 Å². The molecule has 1 aromatic heterocycles. The van der Waals surface area contributed by atoms with Crippen molar-refractivity contribution in [2.24, 2.45) is 0 Å². The number of hydrogen-bond acceptors (Lipinski definition) is 2. The smallest absolute Gasteiger partial charge is 0.256 e. The summed E-state index contributed by atoms with van der Waals surface area (Å²) in [5.41, 5.74) is 3.79. The number of aryl methyl sites for hydroxylation is 1. The van der Waals surface area contributed by atoms with Gasteiger partial charge in [-0.15, -0.1) is 0 Å². The second kappa shape index (κ2) is 5.26. The van der Waals surface area contributed by atoms with Gasteiger partial charge in [0.15, 0.2) is 0 Å². The van der Waals surface area contributed by atoms with Crippen molar-refractivity contribution in [2.45, 2.75) is 20.3 Å². The molecule has 0 aliphatic rings. The molecule has 0 aliphatic heterocycles. The van der Waals surface area contributed by atoms with E-state index in [9.17, 15) is 4.79 Å². The minimum Gasteiger partial charge on any atom is -0.345 e. The molecule has 0 radical (unpaired) electrons. The lowest BCUT2D eigenvalue weighted by Crippen LogP contribution is -2.22. The Hall–Kier alpha value is -2.10. The van der Waals surface area contributed by atoms with Gasteiger partial charge in [0.2, 0.25) is 0 Å². The molecule has 0 N–H and O–H groups in total. The van der Waals surface area contributed by atoms with Gasteiger partial charge < -0.3 is 4.90 Å². The van der Waals surface area contributed by atoms with E-state index in [1.807, 2.05) is 36.7 Å². The molecule has 1 heterocycles. The zero-order chi connectivity index (χ0) is 14.0. The molecule has 2 aromatic rings. The molecule has 0 saturated heterocycles. The second-order valence-electron chi connectivity index (χ2n) is 4.81. The minimum absolute atomic E-state index is 0.00393. The van der Waals surface area contributed by atoms with Crippen molar-refractivity contribution in [1.29, 1.82) is 0 Å². The van der Waals surface area contributed by atoms with Gasteiger partial charge in [-0.1, -0.05) is 19.1 Å². The Morgan fingerprint density at radius 1 is 1.37 bits per heavy atom. The maximum Gasteiger partial charge on any atom is 0.256 e. The van der Waals surface area contributed by atoms with Crippen LogP contribution in [-0.2, 0) is 6.42 Å². The standard InChI is InChI=1S/C15H19N3O/c1-5-14-13(15(19)17(3)4)10-16-18(14)12-8-6-7-11(2)9-12/h6-10H,5H2,1-4H3. The summed E-state index contributed by atoms with van der Waals surface area (Å²) in [5, 5.41) is 4.37. The normalized spacial score (nSPS) is 10.5. The topological polar surface area (TPSA) is 38.1 Å². The van der Waals surface area contributed by atoms with Crippen LogP contribution in [0.15, 0.2) is 30.5 Å². The first kappa shape index (κ1) is 13.3. The minimum atomic E-state index is -0.00393. The summed E-state index contributed by atoms with van der Waals surface area (Å²) >= 11 is 0. The van der Waals surface area contributed by atoms with Crippen molar-refractivity contribution < 1.29 is 4.79 Å². The zero-order valence-corrected chi connectivity index (χ0v) is 11.8. The Morgan fingerprint density at radius 2 is 2.11 bits per heavy atom. The lowest BCUT2D eigenvalue weighted by atomic mass is 10.1. The number of hydrogen-bond donors (Lipinski definition) is 0. The van der Waals surface area contributed by atoms with Crippen LogP contribution >= 0.6 is 0 Å². The van der Waals surface area contributed by atoms with Crippen LogP contribution in [0.25, 0.3) is 5.69 Å². The summed E-state index contributed by atoms with van der Waals surface area (Å²) in [4.78, 5) is 13.7. The van der Waals surface area contributed by atoms with Crippen LogP contribution in [0, 0.1) is 6.92 Å². The molecule has 0 bridgehead atoms. The van der Waals surface area contributed by atoms with E-state index >= 15 is 0 Å². The van der Waals surface area contributed by atoms with Crippen LogP contribution < -0.4 is 0 Å². The molecule has 0 aliphatic carbocycles. The zero-order valence-electron chi connectivity index (χ0n) is 11.8.